The summed E-state index contributed by atoms with van der Waals surface area (Å²) >= 11 is 1.75. The maximum absolute atomic E-state index is 14.0. The summed E-state index contributed by atoms with van der Waals surface area (Å²) in [6.07, 6.45) is 9.33. The zero-order valence-electron chi connectivity index (χ0n) is 13.7. The van der Waals surface area contributed by atoms with Crippen LogP contribution in [-0.4, -0.2) is 9.97 Å². The van der Waals surface area contributed by atoms with Gasteiger partial charge < -0.3 is 10.7 Å². The fraction of sp³-hybridized carbons (Fsp3) is 0.412. The summed E-state index contributed by atoms with van der Waals surface area (Å²) in [6, 6.07) is 0. The average Bonchev–Trinajstić information content (AvgIpc) is 3.31. The van der Waals surface area contributed by atoms with Crippen LogP contribution in [0, 0.1) is 11.7 Å². The van der Waals surface area contributed by atoms with Gasteiger partial charge in [-0.1, -0.05) is 19.6 Å². The van der Waals surface area contributed by atoms with Crippen LogP contribution in [0.4, 0.5) is 10.2 Å². The smallest absolute Gasteiger partial charge is 0.184 e. The Morgan fingerprint density at radius 3 is 2.96 bits per heavy atom. The fourth-order valence-corrected chi connectivity index (χ4v) is 3.71. The van der Waals surface area contributed by atoms with E-state index in [1.165, 1.54) is 11.1 Å². The maximum atomic E-state index is 14.0. The first-order chi connectivity index (χ1) is 11.6. The van der Waals surface area contributed by atoms with Crippen LogP contribution in [0.1, 0.15) is 43.7 Å². The van der Waals surface area contributed by atoms with Crippen LogP contribution < -0.4 is 16.6 Å². The van der Waals surface area contributed by atoms with Crippen LogP contribution in [0.15, 0.2) is 41.2 Å². The minimum atomic E-state index is -0.492. The van der Waals surface area contributed by atoms with E-state index >= 15 is 0 Å². The van der Waals surface area contributed by atoms with E-state index in [1.54, 1.807) is 17.8 Å². The molecule has 3 rings (SSSR count). The molecular weight excluding hydrogens is 325 g/mol. The molecule has 2 aliphatic rings. The largest absolute Gasteiger partial charge is 0.338 e. The van der Waals surface area contributed by atoms with Gasteiger partial charge in [0.2, 0.25) is 0 Å². The Kier molecular flexibility index (Phi) is 5.20. The molecule has 1 aliphatic carbocycles. The Labute approximate surface area is 145 Å². The number of hydrogen-bond acceptors (Lipinski definition) is 6. The Bertz CT molecular complexity index is 696. The minimum Gasteiger partial charge on any atom is -0.338 e. The van der Waals surface area contributed by atoms with Crippen LogP contribution in [0.25, 0.3) is 0 Å². The molecule has 1 atom stereocenters. The summed E-state index contributed by atoms with van der Waals surface area (Å²) in [7, 11) is 0. The van der Waals surface area contributed by atoms with Crippen LogP contribution in [0.5, 0.6) is 0 Å². The van der Waals surface area contributed by atoms with Gasteiger partial charge in [-0.05, 0) is 36.7 Å². The molecule has 5 nitrogen and oxygen atoms in total. The topological polar surface area (TPSA) is 75.9 Å². The molecule has 0 bridgehead atoms. The van der Waals surface area contributed by atoms with E-state index in [4.69, 9.17) is 5.84 Å². The molecule has 1 aromatic heterocycles. The predicted molar refractivity (Wildman–Crippen MR) is 96.2 cm³/mol. The molecule has 128 valence electrons. The Hall–Kier alpha value is -1.86. The number of aromatic nitrogens is 2. The zero-order chi connectivity index (χ0) is 17.1. The third-order valence-electron chi connectivity index (χ3n) is 4.04. The monoisotopic (exact) mass is 347 g/mol. The second-order valence-electron chi connectivity index (χ2n) is 5.96. The van der Waals surface area contributed by atoms with Gasteiger partial charge in [-0.2, -0.15) is 0 Å². The minimum absolute atomic E-state index is 0.151. The van der Waals surface area contributed by atoms with Gasteiger partial charge in [-0.15, -0.1) is 11.8 Å². The second-order valence-corrected chi connectivity index (χ2v) is 7.29. The molecule has 1 saturated carbocycles. The molecule has 0 radical (unpaired) electrons. The molecule has 0 saturated heterocycles. The summed E-state index contributed by atoms with van der Waals surface area (Å²) < 4.78 is 14.0. The molecule has 1 aromatic rings. The van der Waals surface area contributed by atoms with E-state index in [-0.39, 0.29) is 11.1 Å². The van der Waals surface area contributed by atoms with Crippen molar-refractivity contribution in [2.75, 3.05) is 5.32 Å². The van der Waals surface area contributed by atoms with Gasteiger partial charge in [0.15, 0.2) is 11.6 Å². The molecule has 24 heavy (non-hydrogen) atoms. The fourth-order valence-electron chi connectivity index (χ4n) is 2.57. The van der Waals surface area contributed by atoms with E-state index in [2.05, 4.69) is 40.3 Å². The quantitative estimate of drug-likeness (QED) is 0.396. The standard InChI is InChI=1S/C17H22FN5S/c1-3-12-6-7-15(24-12)17-20-9-13(18)16(22-17)21-10(2)8-14(23-19)11-4-5-11/h6,8-9,11,15,23H,2-5,7,19H2,1H3,(H,20,21,22)/b14-8-. The van der Waals surface area contributed by atoms with Crippen LogP contribution in [0.2, 0.25) is 0 Å². The van der Waals surface area contributed by atoms with Crippen molar-refractivity contribution in [3.63, 3.8) is 0 Å². The van der Waals surface area contributed by atoms with Crippen molar-refractivity contribution in [3.05, 3.63) is 52.9 Å². The van der Waals surface area contributed by atoms with Crippen molar-refractivity contribution in [3.8, 4) is 0 Å². The molecule has 7 heteroatoms. The first kappa shape index (κ1) is 17.0. The lowest BCUT2D eigenvalue weighted by Gasteiger charge is -2.12. The van der Waals surface area contributed by atoms with Crippen molar-refractivity contribution in [1.82, 2.24) is 15.4 Å². The molecule has 1 fully saturated rings. The molecular formula is C17H22FN5S. The summed E-state index contributed by atoms with van der Waals surface area (Å²) in [5.41, 5.74) is 4.14. The van der Waals surface area contributed by atoms with Gasteiger partial charge in [0.05, 0.1) is 11.4 Å². The van der Waals surface area contributed by atoms with Gasteiger partial charge in [-0.25, -0.2) is 14.4 Å². The molecule has 0 aromatic carbocycles. The summed E-state index contributed by atoms with van der Waals surface area (Å²) in [5, 5.41) is 3.08. The highest BCUT2D eigenvalue weighted by Crippen LogP contribution is 2.43. The van der Waals surface area contributed by atoms with E-state index in [1.807, 2.05) is 0 Å². The van der Waals surface area contributed by atoms with Crippen molar-refractivity contribution in [2.45, 2.75) is 37.9 Å². The highest BCUT2D eigenvalue weighted by molar-refractivity contribution is 8.03. The van der Waals surface area contributed by atoms with Crippen LogP contribution in [0.3, 0.4) is 0 Å². The number of anilines is 1. The van der Waals surface area contributed by atoms with Crippen LogP contribution >= 0.6 is 11.8 Å². The van der Waals surface area contributed by atoms with E-state index in [0.29, 0.717) is 17.4 Å². The maximum Gasteiger partial charge on any atom is 0.184 e. The average molecular weight is 347 g/mol. The highest BCUT2D eigenvalue weighted by Gasteiger charge is 2.26. The molecule has 1 aliphatic heterocycles. The first-order valence-corrected chi connectivity index (χ1v) is 9.01. The molecule has 1 unspecified atom stereocenters. The van der Waals surface area contributed by atoms with Crippen molar-refractivity contribution >= 4 is 17.6 Å². The first-order valence-electron chi connectivity index (χ1n) is 8.13. The van der Waals surface area contributed by atoms with Crippen LogP contribution in [-0.2, 0) is 0 Å². The van der Waals surface area contributed by atoms with Crippen molar-refractivity contribution in [2.24, 2.45) is 11.8 Å². The number of nitrogens with one attached hydrogen (secondary N) is 2. The predicted octanol–water partition coefficient (Wildman–Crippen LogP) is 3.77. The Balaban J connectivity index is 1.71. The van der Waals surface area contributed by atoms with Gasteiger partial charge >= 0.3 is 0 Å². The number of rotatable bonds is 7. The van der Waals surface area contributed by atoms with Crippen molar-refractivity contribution < 1.29 is 4.39 Å². The lowest BCUT2D eigenvalue weighted by molar-refractivity contribution is 0.613. The zero-order valence-corrected chi connectivity index (χ0v) is 14.5. The van der Waals surface area contributed by atoms with Crippen molar-refractivity contribution in [1.29, 1.82) is 0 Å². The van der Waals surface area contributed by atoms with Gasteiger partial charge in [-0.3, -0.25) is 5.84 Å². The molecule has 2 heterocycles. The number of nitrogens with two attached hydrogens (primary N) is 1. The lowest BCUT2D eigenvalue weighted by atomic mass is 10.2. The normalized spacial score (nSPS) is 20.7. The van der Waals surface area contributed by atoms with Gasteiger partial charge in [0.1, 0.15) is 5.82 Å². The molecule has 0 spiro atoms. The van der Waals surface area contributed by atoms with E-state index in [0.717, 1.165) is 31.4 Å². The number of nitrogens with zero attached hydrogens (tertiary/aromatic N) is 2. The van der Waals surface area contributed by atoms with E-state index in [9.17, 15) is 4.39 Å². The third-order valence-corrected chi connectivity index (χ3v) is 5.49. The SMILES string of the molecule is C=C(/C=C(\NN)C1CC1)Nc1nc(C2CC=C(CC)S2)ncc1F. The Morgan fingerprint density at radius 2 is 2.33 bits per heavy atom. The third kappa shape index (κ3) is 3.96. The Morgan fingerprint density at radius 1 is 1.54 bits per heavy atom. The van der Waals surface area contributed by atoms with Gasteiger partial charge in [0, 0.05) is 17.3 Å². The van der Waals surface area contributed by atoms with Gasteiger partial charge in [0.25, 0.3) is 0 Å². The number of hydrazine groups is 1. The number of halogens is 1. The number of hydrogen-bond donors (Lipinski definition) is 3. The lowest BCUT2D eigenvalue weighted by Crippen LogP contribution is -2.22. The highest BCUT2D eigenvalue weighted by atomic mass is 32.2. The number of thioether (sulfide) groups is 1. The molecule has 4 N–H and O–H groups in total. The second kappa shape index (κ2) is 7.36. The molecule has 0 amide bonds. The number of allylic oxidation sites excluding steroid dienone is 4. The summed E-state index contributed by atoms with van der Waals surface area (Å²) in [4.78, 5) is 9.85. The summed E-state index contributed by atoms with van der Waals surface area (Å²) in [5.74, 6) is 6.27. The summed E-state index contributed by atoms with van der Waals surface area (Å²) in [6.45, 7) is 6.04. The van der Waals surface area contributed by atoms with E-state index < -0.39 is 5.82 Å².